The van der Waals surface area contributed by atoms with Crippen molar-refractivity contribution in [2.75, 3.05) is 19.1 Å². The van der Waals surface area contributed by atoms with Crippen molar-refractivity contribution in [3.8, 4) is 11.5 Å². The van der Waals surface area contributed by atoms with Gasteiger partial charge in [-0.25, -0.2) is 9.37 Å². The van der Waals surface area contributed by atoms with Crippen LogP contribution < -0.4 is 14.4 Å². The number of Topliss-reactive ketones (excluding diaryl/α,β-unsaturated/α-hetero) is 1. The number of aromatic nitrogens is 1. The molecule has 1 atom stereocenters. The van der Waals surface area contributed by atoms with E-state index >= 15 is 0 Å². The molecule has 1 amide bonds. The summed E-state index contributed by atoms with van der Waals surface area (Å²) in [6.45, 7) is 1.90. The van der Waals surface area contributed by atoms with Crippen molar-refractivity contribution in [3.63, 3.8) is 0 Å². The molecule has 3 aromatic carbocycles. The quantitative estimate of drug-likeness (QED) is 0.223. The van der Waals surface area contributed by atoms with Crippen LogP contribution in [-0.4, -0.2) is 36.0 Å². The van der Waals surface area contributed by atoms with Crippen molar-refractivity contribution in [1.29, 1.82) is 0 Å². The van der Waals surface area contributed by atoms with Crippen LogP contribution in [0, 0.1) is 12.7 Å². The van der Waals surface area contributed by atoms with Crippen LogP contribution in [0.2, 0.25) is 0 Å². The summed E-state index contributed by atoms with van der Waals surface area (Å²) in [6.07, 6.45) is 0. The number of benzene rings is 3. The number of anilines is 1. The van der Waals surface area contributed by atoms with Gasteiger partial charge in [0, 0.05) is 11.1 Å². The maximum atomic E-state index is 13.8. The summed E-state index contributed by atoms with van der Waals surface area (Å²) in [5.41, 5.74) is 2.15. The lowest BCUT2D eigenvalue weighted by Gasteiger charge is -2.25. The minimum absolute atomic E-state index is 0.110. The maximum Gasteiger partial charge on any atom is 0.301 e. The number of ether oxygens (including phenoxy) is 2. The lowest BCUT2D eigenvalue weighted by molar-refractivity contribution is -0.132. The topological polar surface area (TPSA) is 89.0 Å². The average Bonchev–Trinajstić information content (AvgIpc) is 3.40. The summed E-state index contributed by atoms with van der Waals surface area (Å²) >= 11 is 1.07. The molecule has 4 aromatic rings. The number of fused-ring (bicyclic) bond motifs is 1. The lowest BCUT2D eigenvalue weighted by atomic mass is 9.94. The number of hydrogen-bond acceptors (Lipinski definition) is 7. The van der Waals surface area contributed by atoms with Crippen LogP contribution in [0.25, 0.3) is 16.0 Å². The highest BCUT2D eigenvalue weighted by molar-refractivity contribution is 7.22. The van der Waals surface area contributed by atoms with E-state index in [0.29, 0.717) is 32.8 Å². The first-order valence-corrected chi connectivity index (χ1v) is 11.8. The zero-order valence-electron chi connectivity index (χ0n) is 19.6. The molecule has 0 unspecified atom stereocenters. The van der Waals surface area contributed by atoms with Crippen LogP contribution in [0.5, 0.6) is 11.5 Å². The number of aliphatic hydroxyl groups excluding tert-OH is 1. The molecule has 7 nitrogen and oxygen atoms in total. The van der Waals surface area contributed by atoms with E-state index in [9.17, 15) is 19.1 Å². The largest absolute Gasteiger partial charge is 0.507 e. The Balaban J connectivity index is 1.79. The van der Waals surface area contributed by atoms with Gasteiger partial charge in [-0.1, -0.05) is 53.3 Å². The molecule has 1 N–H and O–H groups in total. The molecule has 1 saturated heterocycles. The summed E-state index contributed by atoms with van der Waals surface area (Å²) in [7, 11) is 2.93. The summed E-state index contributed by atoms with van der Waals surface area (Å²) in [5.74, 6) is -1.80. The Morgan fingerprint density at radius 1 is 1.06 bits per heavy atom. The number of ketones is 1. The zero-order chi connectivity index (χ0) is 25.6. The van der Waals surface area contributed by atoms with E-state index in [1.165, 1.54) is 37.3 Å². The molecule has 1 aliphatic rings. The predicted molar refractivity (Wildman–Crippen MR) is 135 cm³/mol. The van der Waals surface area contributed by atoms with Gasteiger partial charge >= 0.3 is 5.91 Å². The van der Waals surface area contributed by atoms with Crippen LogP contribution in [-0.2, 0) is 9.59 Å². The van der Waals surface area contributed by atoms with Gasteiger partial charge in [-0.2, -0.15) is 0 Å². The Bertz CT molecular complexity index is 1540. The fourth-order valence-corrected chi connectivity index (χ4v) is 5.32. The number of hydrogen-bond donors (Lipinski definition) is 1. The fraction of sp³-hybridized carbons (Fsp3) is 0.148. The van der Waals surface area contributed by atoms with E-state index in [1.807, 2.05) is 6.92 Å². The number of rotatable bonds is 5. The Labute approximate surface area is 210 Å². The predicted octanol–water partition coefficient (Wildman–Crippen LogP) is 5.39. The second-order valence-electron chi connectivity index (χ2n) is 8.23. The van der Waals surface area contributed by atoms with E-state index in [-0.39, 0.29) is 16.5 Å². The molecule has 0 spiro atoms. The summed E-state index contributed by atoms with van der Waals surface area (Å²) in [4.78, 5) is 32.6. The number of halogens is 1. The summed E-state index contributed by atoms with van der Waals surface area (Å²) in [6, 6.07) is 15.1. The third-order valence-electron chi connectivity index (χ3n) is 6.04. The van der Waals surface area contributed by atoms with Gasteiger partial charge in [-0.3, -0.25) is 14.5 Å². The number of thiazole rings is 1. The lowest BCUT2D eigenvalue weighted by Crippen LogP contribution is -2.29. The average molecular weight is 505 g/mol. The Hall–Kier alpha value is -4.24. The molecule has 0 aliphatic carbocycles. The number of aryl methyl sites for hydroxylation is 1. The van der Waals surface area contributed by atoms with Crippen molar-refractivity contribution >= 4 is 44.1 Å². The molecule has 1 aromatic heterocycles. The van der Waals surface area contributed by atoms with Gasteiger partial charge in [0.05, 0.1) is 30.0 Å². The zero-order valence-corrected chi connectivity index (χ0v) is 20.4. The second-order valence-corrected chi connectivity index (χ2v) is 9.24. The van der Waals surface area contributed by atoms with Gasteiger partial charge < -0.3 is 14.6 Å². The molecule has 1 aliphatic heterocycles. The number of para-hydroxylation sites is 1. The van der Waals surface area contributed by atoms with E-state index in [1.54, 1.807) is 42.5 Å². The Kier molecular flexibility index (Phi) is 5.93. The van der Waals surface area contributed by atoms with E-state index in [2.05, 4.69) is 4.98 Å². The molecule has 36 heavy (non-hydrogen) atoms. The first-order valence-electron chi connectivity index (χ1n) is 11.0. The molecule has 5 rings (SSSR count). The molecule has 9 heteroatoms. The number of carbonyl (C=O) groups is 2. The number of amides is 1. The summed E-state index contributed by atoms with van der Waals surface area (Å²) in [5, 5.41) is 11.5. The monoisotopic (exact) mass is 504 g/mol. The first kappa shape index (κ1) is 23.5. The summed E-state index contributed by atoms with van der Waals surface area (Å²) < 4.78 is 25.4. The van der Waals surface area contributed by atoms with Gasteiger partial charge in [0.25, 0.3) is 5.78 Å². The van der Waals surface area contributed by atoms with Crippen LogP contribution in [0.1, 0.15) is 22.7 Å². The Morgan fingerprint density at radius 3 is 2.50 bits per heavy atom. The van der Waals surface area contributed by atoms with Gasteiger partial charge in [-0.15, -0.1) is 0 Å². The molecule has 1 fully saturated rings. The number of aliphatic hydroxyl groups is 1. The normalized spacial score (nSPS) is 17.1. The number of methoxy groups -OCH3 is 2. The first-order chi connectivity index (χ1) is 17.3. The second kappa shape index (κ2) is 9.09. The molecule has 182 valence electrons. The SMILES string of the molecule is COc1cccc([C@@H]2C(=C(O)c3ccc(C)cc3)C(=O)C(=O)N2c2nc3ccc(F)cc3s2)c1OC. The minimum atomic E-state index is -1.07. The molecular formula is C27H21FN2O5S. The van der Waals surface area contributed by atoms with Crippen molar-refractivity contribution in [1.82, 2.24) is 4.98 Å². The highest BCUT2D eigenvalue weighted by Gasteiger charge is 2.49. The molecule has 2 heterocycles. The third kappa shape index (κ3) is 3.77. The number of carbonyl (C=O) groups excluding carboxylic acids is 2. The van der Waals surface area contributed by atoms with Crippen LogP contribution in [0.4, 0.5) is 9.52 Å². The highest BCUT2D eigenvalue weighted by atomic mass is 32.1. The van der Waals surface area contributed by atoms with Crippen LogP contribution in [0.15, 0.2) is 66.2 Å². The fourth-order valence-electron chi connectivity index (χ4n) is 4.31. The van der Waals surface area contributed by atoms with Crippen molar-refractivity contribution in [3.05, 3.63) is 88.7 Å². The Morgan fingerprint density at radius 2 is 1.81 bits per heavy atom. The van der Waals surface area contributed by atoms with Crippen LogP contribution in [0.3, 0.4) is 0 Å². The van der Waals surface area contributed by atoms with Gasteiger partial charge in [0.2, 0.25) is 0 Å². The third-order valence-corrected chi connectivity index (χ3v) is 7.06. The van der Waals surface area contributed by atoms with E-state index < -0.39 is 23.5 Å². The number of nitrogens with zero attached hydrogens (tertiary/aromatic N) is 2. The van der Waals surface area contributed by atoms with Crippen molar-refractivity contribution < 1.29 is 28.6 Å². The standard InChI is InChI=1S/C27H21FN2O5S/c1-14-7-9-15(10-8-14)23(31)21-22(17-5-4-6-19(34-2)25(17)35-3)30(26(33)24(21)32)27-29-18-12-11-16(28)13-20(18)36-27/h4-13,22,31H,1-3H3/t22-/m1/s1. The molecule has 0 saturated carbocycles. The maximum absolute atomic E-state index is 13.8. The highest BCUT2D eigenvalue weighted by Crippen LogP contribution is 2.48. The van der Waals surface area contributed by atoms with Gasteiger partial charge in [0.15, 0.2) is 16.6 Å². The smallest absolute Gasteiger partial charge is 0.301 e. The van der Waals surface area contributed by atoms with E-state index in [0.717, 1.165) is 16.9 Å². The van der Waals surface area contributed by atoms with E-state index in [4.69, 9.17) is 9.47 Å². The molecule has 0 radical (unpaired) electrons. The minimum Gasteiger partial charge on any atom is -0.507 e. The van der Waals surface area contributed by atoms with Crippen molar-refractivity contribution in [2.45, 2.75) is 13.0 Å². The van der Waals surface area contributed by atoms with Gasteiger partial charge in [0.1, 0.15) is 17.6 Å². The van der Waals surface area contributed by atoms with Crippen LogP contribution >= 0.6 is 11.3 Å². The molecule has 0 bridgehead atoms. The van der Waals surface area contributed by atoms with Crippen molar-refractivity contribution in [2.24, 2.45) is 0 Å². The van der Waals surface area contributed by atoms with Gasteiger partial charge in [-0.05, 0) is 31.2 Å². The molecular weight excluding hydrogens is 483 g/mol.